The Bertz CT molecular complexity index is 663. The van der Waals surface area contributed by atoms with E-state index < -0.39 is 0 Å². The molecule has 0 unspecified atom stereocenters. The number of thioether (sulfide) groups is 1. The number of hydrogen-bond donors (Lipinski definition) is 0. The highest BCUT2D eigenvalue weighted by Crippen LogP contribution is 2.20. The standard InChI is InChI=1S/C13H16N2O3S2/c1-3-4-6-18-10(16)8-20-13-14-11-9(5-7-19-11)12(17)15(13)2/h5,7H,3-4,6,8H2,1-2H3. The Labute approximate surface area is 125 Å². The molecular weight excluding hydrogens is 296 g/mol. The SMILES string of the molecule is CCCCOC(=O)CSc1nc2sccc2c(=O)n1C. The maximum absolute atomic E-state index is 12.1. The number of nitrogens with zero attached hydrogens (tertiary/aromatic N) is 2. The molecule has 2 aromatic heterocycles. The smallest absolute Gasteiger partial charge is 0.316 e. The van der Waals surface area contributed by atoms with Gasteiger partial charge in [-0.05, 0) is 17.9 Å². The number of esters is 1. The summed E-state index contributed by atoms with van der Waals surface area (Å²) in [5, 5.41) is 3.00. The number of carbonyl (C=O) groups is 1. The first-order chi connectivity index (χ1) is 9.63. The van der Waals surface area contributed by atoms with E-state index in [1.807, 2.05) is 12.3 Å². The summed E-state index contributed by atoms with van der Waals surface area (Å²) in [5.74, 6) is -0.107. The molecule has 0 aromatic carbocycles. The van der Waals surface area contributed by atoms with Crippen LogP contribution >= 0.6 is 23.1 Å². The van der Waals surface area contributed by atoms with Crippen molar-refractivity contribution < 1.29 is 9.53 Å². The van der Waals surface area contributed by atoms with Crippen molar-refractivity contribution in [3.63, 3.8) is 0 Å². The van der Waals surface area contributed by atoms with Gasteiger partial charge in [0.1, 0.15) is 4.83 Å². The Morgan fingerprint density at radius 1 is 1.55 bits per heavy atom. The highest BCUT2D eigenvalue weighted by Gasteiger charge is 2.12. The van der Waals surface area contributed by atoms with Gasteiger partial charge in [-0.1, -0.05) is 25.1 Å². The van der Waals surface area contributed by atoms with Crippen molar-refractivity contribution in [2.75, 3.05) is 12.4 Å². The van der Waals surface area contributed by atoms with Crippen molar-refractivity contribution in [2.45, 2.75) is 24.9 Å². The van der Waals surface area contributed by atoms with E-state index in [0.717, 1.165) is 12.8 Å². The second kappa shape index (κ2) is 6.90. The molecule has 0 amide bonds. The van der Waals surface area contributed by atoms with Crippen molar-refractivity contribution in [3.8, 4) is 0 Å². The molecule has 2 rings (SSSR count). The average Bonchev–Trinajstić information content (AvgIpc) is 2.90. The van der Waals surface area contributed by atoms with Gasteiger partial charge in [-0.2, -0.15) is 0 Å². The van der Waals surface area contributed by atoms with E-state index in [2.05, 4.69) is 4.98 Å². The average molecular weight is 312 g/mol. The van der Waals surface area contributed by atoms with Crippen LogP contribution < -0.4 is 5.56 Å². The lowest BCUT2D eigenvalue weighted by atomic mass is 10.4. The van der Waals surface area contributed by atoms with Gasteiger partial charge in [0.05, 0.1) is 17.7 Å². The van der Waals surface area contributed by atoms with Gasteiger partial charge in [-0.3, -0.25) is 14.2 Å². The molecule has 20 heavy (non-hydrogen) atoms. The number of aromatic nitrogens is 2. The Morgan fingerprint density at radius 3 is 3.10 bits per heavy atom. The third kappa shape index (κ3) is 3.40. The summed E-state index contributed by atoms with van der Waals surface area (Å²) < 4.78 is 6.55. The summed E-state index contributed by atoms with van der Waals surface area (Å²) >= 11 is 2.65. The fraction of sp³-hybridized carbons (Fsp3) is 0.462. The number of hydrogen-bond acceptors (Lipinski definition) is 6. The zero-order valence-corrected chi connectivity index (χ0v) is 13.1. The summed E-state index contributed by atoms with van der Waals surface area (Å²) in [6, 6.07) is 1.77. The van der Waals surface area contributed by atoms with Crippen LogP contribution in [0.2, 0.25) is 0 Å². The van der Waals surface area contributed by atoms with E-state index in [9.17, 15) is 9.59 Å². The van der Waals surface area contributed by atoms with E-state index in [4.69, 9.17) is 4.74 Å². The molecule has 108 valence electrons. The van der Waals surface area contributed by atoms with Gasteiger partial charge < -0.3 is 4.74 Å². The number of ether oxygens (including phenoxy) is 1. The topological polar surface area (TPSA) is 61.2 Å². The molecule has 0 aliphatic heterocycles. The molecule has 0 fully saturated rings. The molecule has 0 aliphatic rings. The molecule has 0 saturated carbocycles. The fourth-order valence-corrected chi connectivity index (χ4v) is 3.18. The zero-order chi connectivity index (χ0) is 14.5. The molecule has 0 atom stereocenters. The largest absolute Gasteiger partial charge is 0.465 e. The molecule has 5 nitrogen and oxygen atoms in total. The van der Waals surface area contributed by atoms with Gasteiger partial charge in [-0.15, -0.1) is 11.3 Å². The zero-order valence-electron chi connectivity index (χ0n) is 11.4. The van der Waals surface area contributed by atoms with Crippen LogP contribution in [0.1, 0.15) is 19.8 Å². The Balaban J connectivity index is 2.04. The molecule has 0 N–H and O–H groups in total. The lowest BCUT2D eigenvalue weighted by Crippen LogP contribution is -2.20. The summed E-state index contributed by atoms with van der Waals surface area (Å²) in [6.45, 7) is 2.49. The minimum absolute atomic E-state index is 0.0851. The van der Waals surface area contributed by atoms with E-state index in [1.165, 1.54) is 27.7 Å². The summed E-state index contributed by atoms with van der Waals surface area (Å²) in [6.07, 6.45) is 1.86. The second-order valence-corrected chi connectivity index (χ2v) is 6.10. The van der Waals surface area contributed by atoms with Gasteiger partial charge in [0, 0.05) is 7.05 Å². The Morgan fingerprint density at radius 2 is 2.35 bits per heavy atom. The van der Waals surface area contributed by atoms with Crippen molar-refractivity contribution in [1.29, 1.82) is 0 Å². The second-order valence-electron chi connectivity index (χ2n) is 4.26. The van der Waals surface area contributed by atoms with E-state index >= 15 is 0 Å². The minimum Gasteiger partial charge on any atom is -0.465 e. The molecule has 0 aliphatic carbocycles. The van der Waals surface area contributed by atoms with Crippen LogP contribution in [0.3, 0.4) is 0 Å². The summed E-state index contributed by atoms with van der Waals surface area (Å²) in [4.78, 5) is 28.7. The number of carbonyl (C=O) groups excluding carboxylic acids is 1. The highest BCUT2D eigenvalue weighted by atomic mass is 32.2. The van der Waals surface area contributed by atoms with Crippen LogP contribution in [-0.4, -0.2) is 27.9 Å². The first-order valence-corrected chi connectivity index (χ1v) is 8.22. The van der Waals surface area contributed by atoms with Crippen LogP contribution in [0, 0.1) is 0 Å². The number of thiophene rings is 1. The normalized spacial score (nSPS) is 10.9. The monoisotopic (exact) mass is 312 g/mol. The van der Waals surface area contributed by atoms with E-state index in [1.54, 1.807) is 13.1 Å². The van der Waals surface area contributed by atoms with Crippen LogP contribution in [0.15, 0.2) is 21.4 Å². The molecule has 7 heteroatoms. The first kappa shape index (κ1) is 15.1. The molecular formula is C13H16N2O3S2. The molecule has 0 spiro atoms. The van der Waals surface area contributed by atoms with Crippen LogP contribution in [0.25, 0.3) is 10.2 Å². The van der Waals surface area contributed by atoms with Gasteiger partial charge >= 0.3 is 5.97 Å². The fourth-order valence-electron chi connectivity index (χ4n) is 1.60. The van der Waals surface area contributed by atoms with Crippen molar-refractivity contribution >= 4 is 39.3 Å². The lowest BCUT2D eigenvalue weighted by molar-refractivity contribution is -0.140. The third-order valence-corrected chi connectivity index (χ3v) is 4.55. The van der Waals surface area contributed by atoms with Crippen molar-refractivity contribution in [2.24, 2.45) is 7.05 Å². The van der Waals surface area contributed by atoms with Gasteiger partial charge in [0.25, 0.3) is 5.56 Å². The Hall–Kier alpha value is -1.34. The predicted octanol–water partition coefficient (Wildman–Crippen LogP) is 2.43. The van der Waals surface area contributed by atoms with Crippen molar-refractivity contribution in [1.82, 2.24) is 9.55 Å². The highest BCUT2D eigenvalue weighted by molar-refractivity contribution is 7.99. The molecule has 2 aromatic rings. The molecule has 2 heterocycles. The van der Waals surface area contributed by atoms with Gasteiger partial charge in [0.2, 0.25) is 0 Å². The lowest BCUT2D eigenvalue weighted by Gasteiger charge is -2.07. The van der Waals surface area contributed by atoms with Gasteiger partial charge in [0.15, 0.2) is 5.16 Å². The van der Waals surface area contributed by atoms with E-state index in [0.29, 0.717) is 22.0 Å². The first-order valence-electron chi connectivity index (χ1n) is 6.36. The maximum atomic E-state index is 12.1. The predicted molar refractivity (Wildman–Crippen MR) is 81.5 cm³/mol. The molecule has 0 radical (unpaired) electrons. The summed E-state index contributed by atoms with van der Waals surface area (Å²) in [5.41, 5.74) is -0.0851. The quantitative estimate of drug-likeness (QED) is 0.355. The molecule has 0 saturated heterocycles. The van der Waals surface area contributed by atoms with Crippen molar-refractivity contribution in [3.05, 3.63) is 21.8 Å². The minimum atomic E-state index is -0.274. The molecule has 0 bridgehead atoms. The number of unbranched alkanes of at least 4 members (excludes halogenated alkanes) is 1. The number of rotatable bonds is 6. The summed E-state index contributed by atoms with van der Waals surface area (Å²) in [7, 11) is 1.66. The van der Waals surface area contributed by atoms with Crippen LogP contribution in [-0.2, 0) is 16.6 Å². The third-order valence-electron chi connectivity index (χ3n) is 2.74. The Kier molecular flexibility index (Phi) is 5.19. The van der Waals surface area contributed by atoms with E-state index in [-0.39, 0.29) is 17.3 Å². The number of fused-ring (bicyclic) bond motifs is 1. The maximum Gasteiger partial charge on any atom is 0.316 e. The van der Waals surface area contributed by atoms with Crippen LogP contribution in [0.4, 0.5) is 0 Å². The van der Waals surface area contributed by atoms with Gasteiger partial charge in [-0.25, -0.2) is 4.98 Å². The van der Waals surface area contributed by atoms with Crippen LogP contribution in [0.5, 0.6) is 0 Å².